The summed E-state index contributed by atoms with van der Waals surface area (Å²) < 4.78 is 22.8. The van der Waals surface area contributed by atoms with Gasteiger partial charge in [0.1, 0.15) is 24.6 Å². The number of methoxy groups -OCH3 is 4. The second-order valence-electron chi connectivity index (χ2n) is 6.38. The summed E-state index contributed by atoms with van der Waals surface area (Å²) in [6, 6.07) is 8.24. The highest BCUT2D eigenvalue weighted by Gasteiger charge is 2.24. The van der Waals surface area contributed by atoms with Crippen molar-refractivity contribution in [2.24, 2.45) is 0 Å². The Labute approximate surface area is 162 Å². The van der Waals surface area contributed by atoms with Crippen molar-refractivity contribution in [3.63, 3.8) is 0 Å². The fourth-order valence-electron chi connectivity index (χ4n) is 3.51. The molecule has 1 unspecified atom stereocenters. The molecule has 1 aliphatic rings. The number of hydrogen-bond acceptors (Lipinski definition) is 4. The zero-order valence-electron chi connectivity index (χ0n) is 15.6. The maximum absolute atomic E-state index is 5.57. The third-order valence-electron chi connectivity index (χ3n) is 4.89. The van der Waals surface area contributed by atoms with E-state index in [9.17, 15) is 0 Å². The predicted molar refractivity (Wildman–Crippen MR) is 104 cm³/mol. The number of ether oxygens (including phenoxy) is 4. The highest BCUT2D eigenvalue weighted by molar-refractivity contribution is 9.10. The lowest BCUT2D eigenvalue weighted by Gasteiger charge is -2.27. The monoisotopic (exact) mass is 422 g/mol. The first-order valence-electron chi connectivity index (χ1n) is 8.57. The molecule has 5 nitrogen and oxygen atoms in total. The molecule has 1 atom stereocenters. The normalized spacial score (nSPS) is 16.0. The standard InChI is InChI=1S/C20H24BrNO4/c1-23-17-10-18(24-2)16(21)7-15(17)12-22-6-5-13-8-19(25-3)20(26-4)9-14(13)11-22/h7-10H,5-6,11-12H2,1-4H3/p+1. The summed E-state index contributed by atoms with van der Waals surface area (Å²) >= 11 is 3.58. The summed E-state index contributed by atoms with van der Waals surface area (Å²) in [6.07, 6.45) is 1.02. The van der Waals surface area contributed by atoms with Crippen molar-refractivity contribution in [2.75, 3.05) is 35.0 Å². The fraction of sp³-hybridized carbons (Fsp3) is 0.400. The number of halogens is 1. The van der Waals surface area contributed by atoms with Gasteiger partial charge < -0.3 is 23.8 Å². The van der Waals surface area contributed by atoms with Crippen LogP contribution in [0.15, 0.2) is 28.7 Å². The molecule has 1 N–H and O–H groups in total. The second kappa shape index (κ2) is 8.18. The van der Waals surface area contributed by atoms with E-state index in [-0.39, 0.29) is 0 Å². The van der Waals surface area contributed by atoms with Gasteiger partial charge in [-0.15, -0.1) is 0 Å². The molecule has 2 aromatic carbocycles. The molecular weight excluding hydrogens is 398 g/mol. The summed E-state index contributed by atoms with van der Waals surface area (Å²) in [4.78, 5) is 1.49. The number of fused-ring (bicyclic) bond motifs is 1. The van der Waals surface area contributed by atoms with Crippen LogP contribution in [0.2, 0.25) is 0 Å². The van der Waals surface area contributed by atoms with Crippen molar-refractivity contribution in [1.82, 2.24) is 0 Å². The number of benzene rings is 2. The Kier molecular flexibility index (Phi) is 5.94. The second-order valence-corrected chi connectivity index (χ2v) is 7.23. The molecule has 26 heavy (non-hydrogen) atoms. The molecule has 0 spiro atoms. The first-order valence-corrected chi connectivity index (χ1v) is 9.36. The smallest absolute Gasteiger partial charge is 0.161 e. The van der Waals surface area contributed by atoms with Gasteiger partial charge in [0.25, 0.3) is 0 Å². The molecule has 2 aromatic rings. The van der Waals surface area contributed by atoms with Gasteiger partial charge >= 0.3 is 0 Å². The van der Waals surface area contributed by atoms with Crippen molar-refractivity contribution in [1.29, 1.82) is 0 Å². The Hall–Kier alpha value is -1.92. The molecule has 0 saturated carbocycles. The highest BCUT2D eigenvalue weighted by atomic mass is 79.9. The van der Waals surface area contributed by atoms with Gasteiger partial charge in [0, 0.05) is 23.6 Å². The van der Waals surface area contributed by atoms with Crippen LogP contribution >= 0.6 is 15.9 Å². The average molecular weight is 423 g/mol. The Morgan fingerprint density at radius 3 is 2.04 bits per heavy atom. The number of hydrogen-bond donors (Lipinski definition) is 1. The van der Waals surface area contributed by atoms with Gasteiger partial charge in [-0.25, -0.2) is 0 Å². The van der Waals surface area contributed by atoms with Crippen LogP contribution in [0.25, 0.3) is 0 Å². The van der Waals surface area contributed by atoms with E-state index in [0.717, 1.165) is 53.5 Å². The van der Waals surface area contributed by atoms with E-state index in [0.29, 0.717) is 0 Å². The lowest BCUT2D eigenvalue weighted by Crippen LogP contribution is -3.10. The van der Waals surface area contributed by atoms with Gasteiger partial charge in [-0.05, 0) is 39.7 Å². The van der Waals surface area contributed by atoms with E-state index in [1.807, 2.05) is 6.07 Å². The molecular formula is C20H25BrNO4+. The molecule has 140 valence electrons. The van der Waals surface area contributed by atoms with Crippen molar-refractivity contribution >= 4 is 15.9 Å². The zero-order chi connectivity index (χ0) is 18.7. The van der Waals surface area contributed by atoms with Gasteiger partial charge in [0.05, 0.1) is 39.5 Å². The molecule has 6 heteroatoms. The number of rotatable bonds is 6. The molecule has 0 bridgehead atoms. The third-order valence-corrected chi connectivity index (χ3v) is 5.51. The Bertz CT molecular complexity index is 794. The van der Waals surface area contributed by atoms with E-state index in [4.69, 9.17) is 18.9 Å². The topological polar surface area (TPSA) is 41.4 Å². The molecule has 0 saturated heterocycles. The van der Waals surface area contributed by atoms with Crippen LogP contribution in [0, 0.1) is 0 Å². The van der Waals surface area contributed by atoms with Crippen molar-refractivity contribution in [3.05, 3.63) is 45.4 Å². The van der Waals surface area contributed by atoms with Crippen LogP contribution in [0.3, 0.4) is 0 Å². The molecule has 1 aliphatic heterocycles. The lowest BCUT2D eigenvalue weighted by molar-refractivity contribution is -0.929. The largest absolute Gasteiger partial charge is 0.496 e. The Morgan fingerprint density at radius 1 is 0.808 bits per heavy atom. The van der Waals surface area contributed by atoms with Crippen molar-refractivity contribution < 1.29 is 23.8 Å². The van der Waals surface area contributed by atoms with Crippen LogP contribution in [0.1, 0.15) is 16.7 Å². The molecule has 3 rings (SSSR count). The fourth-order valence-corrected chi connectivity index (χ4v) is 4.06. The van der Waals surface area contributed by atoms with E-state index >= 15 is 0 Å². The molecule has 0 aliphatic carbocycles. The number of quaternary nitrogens is 1. The maximum atomic E-state index is 5.57. The van der Waals surface area contributed by atoms with Crippen LogP contribution < -0.4 is 23.8 Å². The van der Waals surface area contributed by atoms with E-state index in [1.165, 1.54) is 21.6 Å². The average Bonchev–Trinajstić information content (AvgIpc) is 2.67. The molecule has 0 amide bonds. The van der Waals surface area contributed by atoms with Gasteiger partial charge in [-0.1, -0.05) is 0 Å². The minimum absolute atomic E-state index is 0.779. The SMILES string of the molecule is COc1cc(OC)c(C[NH+]2CCc3cc(OC)c(OC)cc3C2)cc1Br. The quantitative estimate of drug-likeness (QED) is 0.776. The maximum Gasteiger partial charge on any atom is 0.161 e. The Balaban J connectivity index is 1.82. The molecule has 1 heterocycles. The van der Waals surface area contributed by atoms with Crippen LogP contribution in [0.5, 0.6) is 23.0 Å². The number of nitrogens with one attached hydrogen (secondary N) is 1. The van der Waals surface area contributed by atoms with Gasteiger partial charge in [0.15, 0.2) is 11.5 Å². The minimum atomic E-state index is 0.779. The van der Waals surface area contributed by atoms with Crippen LogP contribution in [-0.4, -0.2) is 35.0 Å². The van der Waals surface area contributed by atoms with Gasteiger partial charge in [0.2, 0.25) is 0 Å². The predicted octanol–water partition coefficient (Wildman–Crippen LogP) is 2.62. The van der Waals surface area contributed by atoms with Crippen LogP contribution in [-0.2, 0) is 19.5 Å². The zero-order valence-corrected chi connectivity index (χ0v) is 17.2. The Morgan fingerprint density at radius 2 is 1.42 bits per heavy atom. The van der Waals surface area contributed by atoms with Gasteiger partial charge in [-0.3, -0.25) is 0 Å². The van der Waals surface area contributed by atoms with E-state index < -0.39 is 0 Å². The van der Waals surface area contributed by atoms with Crippen molar-refractivity contribution in [2.45, 2.75) is 19.5 Å². The lowest BCUT2D eigenvalue weighted by atomic mass is 9.98. The molecule has 0 fully saturated rings. The molecule has 0 radical (unpaired) electrons. The molecule has 0 aromatic heterocycles. The minimum Gasteiger partial charge on any atom is -0.496 e. The first kappa shape index (κ1) is 18.9. The summed E-state index contributed by atoms with van der Waals surface area (Å²) in [5, 5.41) is 0. The summed E-state index contributed by atoms with van der Waals surface area (Å²) in [7, 11) is 6.72. The van der Waals surface area contributed by atoms with Gasteiger partial charge in [-0.2, -0.15) is 0 Å². The summed E-state index contributed by atoms with van der Waals surface area (Å²) in [6.45, 7) is 2.90. The van der Waals surface area contributed by atoms with E-state index in [1.54, 1.807) is 28.4 Å². The summed E-state index contributed by atoms with van der Waals surface area (Å²) in [5.41, 5.74) is 3.82. The van der Waals surface area contributed by atoms with Crippen LogP contribution in [0.4, 0.5) is 0 Å². The van der Waals surface area contributed by atoms with E-state index in [2.05, 4.69) is 34.1 Å². The first-order chi connectivity index (χ1) is 12.6. The summed E-state index contributed by atoms with van der Waals surface area (Å²) in [5.74, 6) is 3.23. The highest BCUT2D eigenvalue weighted by Crippen LogP contribution is 2.33. The third kappa shape index (κ3) is 3.76. The van der Waals surface area contributed by atoms with Crippen molar-refractivity contribution in [3.8, 4) is 23.0 Å².